The normalized spacial score (nSPS) is 18.0. The highest BCUT2D eigenvalue weighted by Crippen LogP contribution is 2.42. The zero-order chi connectivity index (χ0) is 17.4. The quantitative estimate of drug-likeness (QED) is 0.822. The highest BCUT2D eigenvalue weighted by atomic mass is 19.4. The van der Waals surface area contributed by atoms with E-state index in [2.05, 4.69) is 0 Å². The van der Waals surface area contributed by atoms with Crippen LogP contribution in [0.25, 0.3) is 0 Å². The number of carbonyl (C=O) groups is 1. The standard InChI is InChI=1S/C16H20F3NO3/c1-15(2,3)23-14(21)20-10(9-22-4)8-11-12(16(17,18)19)6-5-7-13(11)20/h5-7,10H,8-9H2,1-4H3/t10-/m0/s1. The molecule has 0 radical (unpaired) electrons. The van der Waals surface area contributed by atoms with Gasteiger partial charge in [-0.15, -0.1) is 0 Å². The van der Waals surface area contributed by atoms with Gasteiger partial charge in [-0.05, 0) is 44.9 Å². The van der Waals surface area contributed by atoms with Gasteiger partial charge < -0.3 is 9.47 Å². The van der Waals surface area contributed by atoms with E-state index in [1.165, 1.54) is 24.1 Å². The third-order valence-electron chi connectivity index (χ3n) is 3.47. The van der Waals surface area contributed by atoms with Crippen LogP contribution in [0.1, 0.15) is 31.9 Å². The van der Waals surface area contributed by atoms with E-state index in [1.54, 1.807) is 20.8 Å². The molecule has 1 amide bonds. The summed E-state index contributed by atoms with van der Waals surface area (Å²) in [6.45, 7) is 5.25. The molecule has 1 atom stereocenters. The fourth-order valence-electron chi connectivity index (χ4n) is 2.69. The van der Waals surface area contributed by atoms with Gasteiger partial charge in [-0.25, -0.2) is 4.79 Å². The van der Waals surface area contributed by atoms with E-state index >= 15 is 0 Å². The lowest BCUT2D eigenvalue weighted by Crippen LogP contribution is -2.43. The molecule has 7 heteroatoms. The predicted octanol–water partition coefficient (Wildman–Crippen LogP) is 4.02. The van der Waals surface area contributed by atoms with Crippen molar-refractivity contribution >= 4 is 11.8 Å². The Morgan fingerprint density at radius 1 is 1.30 bits per heavy atom. The van der Waals surface area contributed by atoms with Crippen LogP contribution in [0.3, 0.4) is 0 Å². The zero-order valence-corrected chi connectivity index (χ0v) is 13.5. The Morgan fingerprint density at radius 2 is 1.96 bits per heavy atom. The lowest BCUT2D eigenvalue weighted by atomic mass is 10.0. The molecule has 1 aromatic rings. The van der Waals surface area contributed by atoms with Gasteiger partial charge in [0.2, 0.25) is 0 Å². The first kappa shape index (κ1) is 17.6. The van der Waals surface area contributed by atoms with E-state index in [4.69, 9.17) is 9.47 Å². The minimum absolute atomic E-state index is 0.0814. The molecule has 0 unspecified atom stereocenters. The second-order valence-corrected chi connectivity index (χ2v) is 6.46. The number of hydrogen-bond acceptors (Lipinski definition) is 3. The van der Waals surface area contributed by atoms with Crippen LogP contribution >= 0.6 is 0 Å². The molecule has 0 saturated carbocycles. The highest BCUT2D eigenvalue weighted by Gasteiger charge is 2.42. The van der Waals surface area contributed by atoms with Crippen molar-refractivity contribution < 1.29 is 27.4 Å². The topological polar surface area (TPSA) is 38.8 Å². The van der Waals surface area contributed by atoms with E-state index in [1.807, 2.05) is 0 Å². The van der Waals surface area contributed by atoms with Crippen LogP contribution in [0, 0.1) is 0 Å². The predicted molar refractivity (Wildman–Crippen MR) is 79.5 cm³/mol. The number of benzene rings is 1. The number of methoxy groups -OCH3 is 1. The Balaban J connectivity index is 2.44. The Kier molecular flexibility index (Phi) is 4.61. The fourth-order valence-corrected chi connectivity index (χ4v) is 2.69. The van der Waals surface area contributed by atoms with Gasteiger partial charge in [0, 0.05) is 7.11 Å². The molecule has 23 heavy (non-hydrogen) atoms. The summed E-state index contributed by atoms with van der Waals surface area (Å²) in [4.78, 5) is 13.7. The first-order valence-electron chi connectivity index (χ1n) is 7.25. The molecule has 4 nitrogen and oxygen atoms in total. The average Bonchev–Trinajstić information content (AvgIpc) is 2.73. The number of rotatable bonds is 2. The molecule has 128 valence electrons. The van der Waals surface area contributed by atoms with Crippen LogP contribution < -0.4 is 4.90 Å². The van der Waals surface area contributed by atoms with Crippen LogP contribution in [0.2, 0.25) is 0 Å². The third kappa shape index (κ3) is 3.77. The number of anilines is 1. The SMILES string of the molecule is COC[C@@H]1Cc2c(cccc2C(F)(F)F)N1C(=O)OC(C)(C)C. The molecule has 0 saturated heterocycles. The van der Waals surface area contributed by atoms with Crippen LogP contribution in [0.5, 0.6) is 0 Å². The van der Waals surface area contributed by atoms with E-state index in [9.17, 15) is 18.0 Å². The average molecular weight is 331 g/mol. The number of halogens is 3. The van der Waals surface area contributed by atoms with Crippen molar-refractivity contribution in [2.24, 2.45) is 0 Å². The molecule has 0 bridgehead atoms. The fraction of sp³-hybridized carbons (Fsp3) is 0.562. The van der Waals surface area contributed by atoms with E-state index in [0.29, 0.717) is 0 Å². The summed E-state index contributed by atoms with van der Waals surface area (Å²) in [6.07, 6.45) is -5.05. The number of nitrogens with zero attached hydrogens (tertiary/aromatic N) is 1. The molecule has 0 aliphatic carbocycles. The maximum absolute atomic E-state index is 13.2. The largest absolute Gasteiger partial charge is 0.443 e. The van der Waals surface area contributed by atoms with E-state index < -0.39 is 29.5 Å². The number of alkyl halides is 3. The van der Waals surface area contributed by atoms with Crippen molar-refractivity contribution in [1.82, 2.24) is 0 Å². The first-order chi connectivity index (χ1) is 10.5. The van der Waals surface area contributed by atoms with Gasteiger partial charge in [-0.1, -0.05) is 6.07 Å². The number of amides is 1. The number of hydrogen-bond donors (Lipinski definition) is 0. The second kappa shape index (κ2) is 6.03. The zero-order valence-electron chi connectivity index (χ0n) is 13.5. The van der Waals surface area contributed by atoms with Crippen molar-refractivity contribution in [2.45, 2.75) is 45.0 Å². The summed E-state index contributed by atoms with van der Waals surface area (Å²) in [5.74, 6) is 0. The van der Waals surface area contributed by atoms with Crippen LogP contribution in [-0.4, -0.2) is 31.5 Å². The molecule has 0 aromatic heterocycles. The molecule has 1 aromatic carbocycles. The summed E-state index contributed by atoms with van der Waals surface area (Å²) in [7, 11) is 1.45. The van der Waals surface area contributed by atoms with E-state index in [-0.39, 0.29) is 24.3 Å². The lowest BCUT2D eigenvalue weighted by Gasteiger charge is -2.28. The van der Waals surface area contributed by atoms with Gasteiger partial charge >= 0.3 is 12.3 Å². The Hall–Kier alpha value is -1.76. The van der Waals surface area contributed by atoms with Crippen molar-refractivity contribution in [3.05, 3.63) is 29.3 Å². The lowest BCUT2D eigenvalue weighted by molar-refractivity contribution is -0.138. The molecule has 1 aliphatic rings. The molecule has 0 N–H and O–H groups in total. The van der Waals surface area contributed by atoms with Crippen molar-refractivity contribution in [3.63, 3.8) is 0 Å². The molecule has 0 spiro atoms. The van der Waals surface area contributed by atoms with Gasteiger partial charge in [-0.3, -0.25) is 4.90 Å². The summed E-state index contributed by atoms with van der Waals surface area (Å²) in [5.41, 5.74) is -1.12. The minimum atomic E-state index is -4.47. The van der Waals surface area contributed by atoms with E-state index in [0.717, 1.165) is 6.07 Å². The maximum atomic E-state index is 13.2. The number of carbonyl (C=O) groups excluding carboxylic acids is 1. The van der Waals surface area contributed by atoms with Crippen LogP contribution in [0.15, 0.2) is 18.2 Å². The Morgan fingerprint density at radius 3 is 2.48 bits per heavy atom. The monoisotopic (exact) mass is 331 g/mol. The van der Waals surface area contributed by atoms with Gasteiger partial charge in [0.25, 0.3) is 0 Å². The summed E-state index contributed by atoms with van der Waals surface area (Å²) >= 11 is 0. The van der Waals surface area contributed by atoms with Crippen molar-refractivity contribution in [2.75, 3.05) is 18.6 Å². The molecule has 2 rings (SSSR count). The highest BCUT2D eigenvalue weighted by molar-refractivity contribution is 5.92. The van der Waals surface area contributed by atoms with Gasteiger partial charge in [0.05, 0.1) is 23.9 Å². The summed E-state index contributed by atoms with van der Waals surface area (Å²) in [5, 5.41) is 0. The van der Waals surface area contributed by atoms with Gasteiger partial charge in [0.1, 0.15) is 5.60 Å². The molecule has 0 fully saturated rings. The summed E-state index contributed by atoms with van der Waals surface area (Å²) in [6, 6.07) is 3.31. The summed E-state index contributed by atoms with van der Waals surface area (Å²) < 4.78 is 50.0. The Bertz CT molecular complexity index is 593. The van der Waals surface area contributed by atoms with Gasteiger partial charge in [-0.2, -0.15) is 13.2 Å². The van der Waals surface area contributed by atoms with Crippen LogP contribution in [-0.2, 0) is 22.1 Å². The van der Waals surface area contributed by atoms with Crippen molar-refractivity contribution in [1.29, 1.82) is 0 Å². The molecule has 1 aliphatic heterocycles. The first-order valence-corrected chi connectivity index (χ1v) is 7.25. The molecular weight excluding hydrogens is 311 g/mol. The van der Waals surface area contributed by atoms with Gasteiger partial charge in [0.15, 0.2) is 0 Å². The molecule has 1 heterocycles. The maximum Gasteiger partial charge on any atom is 0.416 e. The molecular formula is C16H20F3NO3. The Labute approximate surface area is 133 Å². The number of ether oxygens (including phenoxy) is 2. The smallest absolute Gasteiger partial charge is 0.416 e. The second-order valence-electron chi connectivity index (χ2n) is 6.46. The minimum Gasteiger partial charge on any atom is -0.443 e. The number of fused-ring (bicyclic) bond motifs is 1. The van der Waals surface area contributed by atoms with Crippen molar-refractivity contribution in [3.8, 4) is 0 Å². The van der Waals surface area contributed by atoms with Crippen LogP contribution in [0.4, 0.5) is 23.7 Å². The third-order valence-corrected chi connectivity index (χ3v) is 3.47.